The third-order valence-corrected chi connectivity index (χ3v) is 3.36. The molecule has 0 radical (unpaired) electrons. The van der Waals surface area contributed by atoms with E-state index in [2.05, 4.69) is 20.8 Å². The van der Waals surface area contributed by atoms with E-state index in [-0.39, 0.29) is 17.7 Å². The summed E-state index contributed by atoms with van der Waals surface area (Å²) in [4.78, 5) is 23.3. The molecule has 0 spiro atoms. The molecule has 104 valence electrons. The van der Waals surface area contributed by atoms with Crippen LogP contribution in [0, 0.1) is 5.92 Å². The topological polar surface area (TPSA) is 86.9 Å². The maximum atomic E-state index is 11.9. The van der Waals surface area contributed by atoms with Gasteiger partial charge in [-0.05, 0) is 25.0 Å². The van der Waals surface area contributed by atoms with Gasteiger partial charge in [0.25, 0.3) is 5.91 Å². The Labute approximate surface area is 115 Å². The van der Waals surface area contributed by atoms with Gasteiger partial charge in [-0.2, -0.15) is 5.10 Å². The summed E-state index contributed by atoms with van der Waals surface area (Å²) >= 11 is 0. The third-order valence-electron chi connectivity index (χ3n) is 3.36. The maximum Gasteiger partial charge on any atom is 0.251 e. The van der Waals surface area contributed by atoms with E-state index in [4.69, 9.17) is 0 Å². The molecule has 20 heavy (non-hydrogen) atoms. The summed E-state index contributed by atoms with van der Waals surface area (Å²) in [5, 5.41) is 13.3. The van der Waals surface area contributed by atoms with Gasteiger partial charge >= 0.3 is 0 Å². The number of carbonyl (C=O) groups is 2. The maximum absolute atomic E-state index is 11.9. The van der Waals surface area contributed by atoms with E-state index in [0.717, 1.165) is 23.7 Å². The number of benzene rings is 1. The molecule has 1 saturated carbocycles. The van der Waals surface area contributed by atoms with E-state index in [9.17, 15) is 9.59 Å². The van der Waals surface area contributed by atoms with Crippen molar-refractivity contribution in [3.05, 3.63) is 30.0 Å². The summed E-state index contributed by atoms with van der Waals surface area (Å²) in [7, 11) is 0. The van der Waals surface area contributed by atoms with E-state index < -0.39 is 0 Å². The molecule has 0 atom stereocenters. The van der Waals surface area contributed by atoms with E-state index in [1.165, 1.54) is 0 Å². The number of amides is 2. The summed E-state index contributed by atoms with van der Waals surface area (Å²) in [6.07, 6.45) is 3.69. The quantitative estimate of drug-likeness (QED) is 0.704. The fourth-order valence-corrected chi connectivity index (χ4v) is 2.03. The highest BCUT2D eigenvalue weighted by Crippen LogP contribution is 2.28. The molecule has 2 aromatic rings. The van der Waals surface area contributed by atoms with Gasteiger partial charge in [-0.25, -0.2) is 0 Å². The van der Waals surface area contributed by atoms with Crippen molar-refractivity contribution in [2.24, 2.45) is 5.92 Å². The molecule has 1 aliphatic rings. The second-order valence-corrected chi connectivity index (χ2v) is 4.99. The van der Waals surface area contributed by atoms with Crippen LogP contribution in [0.3, 0.4) is 0 Å². The Morgan fingerprint density at radius 1 is 1.25 bits per heavy atom. The Kier molecular flexibility index (Phi) is 3.37. The zero-order chi connectivity index (χ0) is 13.9. The Morgan fingerprint density at radius 2 is 2.05 bits per heavy atom. The predicted octanol–water partition coefficient (Wildman–Crippen LogP) is 0.819. The zero-order valence-electron chi connectivity index (χ0n) is 11.0. The van der Waals surface area contributed by atoms with Gasteiger partial charge in [-0.1, -0.05) is 6.07 Å². The summed E-state index contributed by atoms with van der Waals surface area (Å²) in [5.74, 6) is 0.147. The van der Waals surface area contributed by atoms with Crippen LogP contribution >= 0.6 is 0 Å². The Balaban J connectivity index is 1.49. The second kappa shape index (κ2) is 5.32. The molecule has 1 aliphatic carbocycles. The van der Waals surface area contributed by atoms with Crippen molar-refractivity contribution in [2.45, 2.75) is 12.8 Å². The molecule has 1 fully saturated rings. The van der Waals surface area contributed by atoms with Crippen LogP contribution in [0.1, 0.15) is 23.2 Å². The third kappa shape index (κ3) is 2.79. The monoisotopic (exact) mass is 272 g/mol. The molecular weight excluding hydrogens is 256 g/mol. The summed E-state index contributed by atoms with van der Waals surface area (Å²) < 4.78 is 0. The number of nitrogens with one attached hydrogen (secondary N) is 3. The molecule has 0 unspecified atom stereocenters. The first-order chi connectivity index (χ1) is 9.74. The lowest BCUT2D eigenvalue weighted by molar-refractivity contribution is -0.122. The van der Waals surface area contributed by atoms with Crippen molar-refractivity contribution < 1.29 is 9.59 Å². The summed E-state index contributed by atoms with van der Waals surface area (Å²) in [6.45, 7) is 0.895. The first-order valence-corrected chi connectivity index (χ1v) is 6.73. The molecular formula is C14H16N4O2. The van der Waals surface area contributed by atoms with Gasteiger partial charge in [0.15, 0.2) is 0 Å². The molecule has 0 saturated heterocycles. The average Bonchev–Trinajstić information content (AvgIpc) is 3.20. The molecule has 1 aromatic heterocycles. The van der Waals surface area contributed by atoms with E-state index >= 15 is 0 Å². The number of H-pyrrole nitrogens is 1. The largest absolute Gasteiger partial charge is 0.354 e. The van der Waals surface area contributed by atoms with Gasteiger partial charge in [0.05, 0.1) is 11.7 Å². The lowest BCUT2D eigenvalue weighted by atomic mass is 10.1. The fourth-order valence-electron chi connectivity index (χ4n) is 2.03. The number of aromatic nitrogens is 2. The Bertz CT molecular complexity index is 645. The first-order valence-electron chi connectivity index (χ1n) is 6.73. The summed E-state index contributed by atoms with van der Waals surface area (Å²) in [5.41, 5.74) is 1.41. The smallest absolute Gasteiger partial charge is 0.251 e. The first kappa shape index (κ1) is 12.7. The van der Waals surface area contributed by atoms with Gasteiger partial charge in [-0.3, -0.25) is 14.7 Å². The molecule has 6 nitrogen and oxygen atoms in total. The minimum atomic E-state index is -0.151. The minimum absolute atomic E-state index is 0.0955. The average molecular weight is 272 g/mol. The van der Waals surface area contributed by atoms with Crippen LogP contribution in [0.4, 0.5) is 0 Å². The van der Waals surface area contributed by atoms with Crippen molar-refractivity contribution >= 4 is 22.7 Å². The van der Waals surface area contributed by atoms with Crippen LogP contribution < -0.4 is 10.6 Å². The highest BCUT2D eigenvalue weighted by Gasteiger charge is 2.28. The molecule has 1 heterocycles. The van der Waals surface area contributed by atoms with Crippen LogP contribution in [0.25, 0.3) is 10.9 Å². The molecule has 3 rings (SSSR count). The van der Waals surface area contributed by atoms with Crippen LogP contribution in [0.2, 0.25) is 0 Å². The van der Waals surface area contributed by atoms with E-state index in [1.54, 1.807) is 18.3 Å². The SMILES string of the molecule is O=C(NCCNC(=O)C1CC1)c1ccc2cn[nH]c2c1. The van der Waals surface area contributed by atoms with Gasteiger partial charge in [0.1, 0.15) is 0 Å². The number of hydrogen-bond donors (Lipinski definition) is 3. The van der Waals surface area contributed by atoms with E-state index in [0.29, 0.717) is 18.7 Å². The number of aromatic amines is 1. The van der Waals surface area contributed by atoms with Gasteiger partial charge in [0, 0.05) is 30.0 Å². The molecule has 0 aliphatic heterocycles. The summed E-state index contributed by atoms with van der Waals surface area (Å²) in [6, 6.07) is 5.37. The number of fused-ring (bicyclic) bond motifs is 1. The molecule has 1 aromatic carbocycles. The van der Waals surface area contributed by atoms with Crippen LogP contribution in [0.15, 0.2) is 24.4 Å². The van der Waals surface area contributed by atoms with Crippen molar-refractivity contribution in [1.82, 2.24) is 20.8 Å². The minimum Gasteiger partial charge on any atom is -0.354 e. The lowest BCUT2D eigenvalue weighted by Crippen LogP contribution is -2.35. The number of nitrogens with zero attached hydrogens (tertiary/aromatic N) is 1. The number of hydrogen-bond acceptors (Lipinski definition) is 3. The predicted molar refractivity (Wildman–Crippen MR) is 74.2 cm³/mol. The van der Waals surface area contributed by atoms with Gasteiger partial charge in [0.2, 0.25) is 5.91 Å². The van der Waals surface area contributed by atoms with Crippen molar-refractivity contribution in [3.8, 4) is 0 Å². The zero-order valence-corrected chi connectivity index (χ0v) is 11.0. The number of rotatable bonds is 5. The highest BCUT2D eigenvalue weighted by molar-refractivity contribution is 5.97. The van der Waals surface area contributed by atoms with E-state index in [1.807, 2.05) is 6.07 Å². The van der Waals surface area contributed by atoms with Gasteiger partial charge in [-0.15, -0.1) is 0 Å². The highest BCUT2D eigenvalue weighted by atomic mass is 16.2. The van der Waals surface area contributed by atoms with Crippen LogP contribution in [-0.2, 0) is 4.79 Å². The Morgan fingerprint density at radius 3 is 2.85 bits per heavy atom. The fraction of sp³-hybridized carbons (Fsp3) is 0.357. The van der Waals surface area contributed by atoms with Crippen molar-refractivity contribution in [3.63, 3.8) is 0 Å². The molecule has 6 heteroatoms. The number of carbonyl (C=O) groups excluding carboxylic acids is 2. The molecule has 2 amide bonds. The van der Waals surface area contributed by atoms with Crippen molar-refractivity contribution in [2.75, 3.05) is 13.1 Å². The van der Waals surface area contributed by atoms with Crippen molar-refractivity contribution in [1.29, 1.82) is 0 Å². The lowest BCUT2D eigenvalue weighted by Gasteiger charge is -2.06. The van der Waals surface area contributed by atoms with Crippen LogP contribution in [0.5, 0.6) is 0 Å². The molecule has 3 N–H and O–H groups in total. The second-order valence-electron chi connectivity index (χ2n) is 4.99. The normalized spacial score (nSPS) is 14.2. The molecule has 0 bridgehead atoms. The Hall–Kier alpha value is -2.37. The standard InChI is InChI=1S/C14H16N4O2/c19-13(9-1-2-9)15-5-6-16-14(20)10-3-4-11-8-17-18-12(11)7-10/h3-4,7-9H,1-2,5-6H2,(H,15,19)(H,16,20)(H,17,18). The van der Waals surface area contributed by atoms with Crippen LogP contribution in [-0.4, -0.2) is 35.1 Å². The van der Waals surface area contributed by atoms with Gasteiger partial charge < -0.3 is 10.6 Å².